The maximum absolute atomic E-state index is 10.5. The van der Waals surface area contributed by atoms with Crippen molar-refractivity contribution in [1.29, 1.82) is 0 Å². The third-order valence-electron chi connectivity index (χ3n) is 6.16. The Morgan fingerprint density at radius 1 is 1.22 bits per heavy atom. The number of aliphatic hydroxyl groups excluding tert-OH is 2. The summed E-state index contributed by atoms with van der Waals surface area (Å²) in [4.78, 5) is 0. The van der Waals surface area contributed by atoms with Crippen LogP contribution in [0.15, 0.2) is 0 Å². The molecule has 2 rings (SSSR count). The van der Waals surface area contributed by atoms with Crippen molar-refractivity contribution in [3.63, 3.8) is 0 Å². The molecular weight excluding hydrogens is 224 g/mol. The molecule has 5 atom stereocenters. The third kappa shape index (κ3) is 2.34. The van der Waals surface area contributed by atoms with E-state index in [1.165, 1.54) is 12.8 Å². The van der Waals surface area contributed by atoms with E-state index in [0.717, 1.165) is 31.1 Å². The van der Waals surface area contributed by atoms with Crippen LogP contribution in [0.1, 0.15) is 59.8 Å². The van der Waals surface area contributed by atoms with Crippen LogP contribution < -0.4 is 0 Å². The molecule has 0 saturated heterocycles. The van der Waals surface area contributed by atoms with Crippen LogP contribution in [0.2, 0.25) is 0 Å². The van der Waals surface area contributed by atoms with Crippen LogP contribution >= 0.6 is 0 Å². The molecule has 2 saturated carbocycles. The molecule has 2 fully saturated rings. The summed E-state index contributed by atoms with van der Waals surface area (Å²) in [5.41, 5.74) is 0.302. The Bertz CT molecular complexity index is 299. The van der Waals surface area contributed by atoms with Crippen LogP contribution in [0.4, 0.5) is 0 Å². The first-order valence-corrected chi connectivity index (χ1v) is 7.59. The lowest BCUT2D eigenvalue weighted by atomic mass is 9.50. The van der Waals surface area contributed by atoms with Gasteiger partial charge >= 0.3 is 0 Å². The zero-order valence-electron chi connectivity index (χ0n) is 12.4. The van der Waals surface area contributed by atoms with E-state index in [1.54, 1.807) is 0 Å². The molecule has 0 amide bonds. The molecule has 4 unspecified atom stereocenters. The van der Waals surface area contributed by atoms with Crippen LogP contribution in [0.5, 0.6) is 0 Å². The quantitative estimate of drug-likeness (QED) is 0.794. The van der Waals surface area contributed by atoms with Crippen molar-refractivity contribution in [1.82, 2.24) is 0 Å². The number of fused-ring (bicyclic) bond motifs is 1. The summed E-state index contributed by atoms with van der Waals surface area (Å²) >= 11 is 0. The van der Waals surface area contributed by atoms with E-state index in [1.807, 2.05) is 0 Å². The van der Waals surface area contributed by atoms with E-state index in [0.29, 0.717) is 11.3 Å². The Morgan fingerprint density at radius 3 is 2.50 bits per heavy atom. The summed E-state index contributed by atoms with van der Waals surface area (Å²) in [6.45, 7) is 9.49. The lowest BCUT2D eigenvalue weighted by Gasteiger charge is -2.56. The molecule has 0 aromatic rings. The Morgan fingerprint density at radius 2 is 1.89 bits per heavy atom. The molecule has 2 aliphatic carbocycles. The normalized spacial score (nSPS) is 47.7. The highest BCUT2D eigenvalue weighted by molar-refractivity contribution is 5.01. The van der Waals surface area contributed by atoms with Crippen molar-refractivity contribution in [3.05, 3.63) is 0 Å². The molecule has 2 N–H and O–H groups in total. The van der Waals surface area contributed by atoms with Gasteiger partial charge in [-0.2, -0.15) is 0 Å². The predicted molar refractivity (Wildman–Crippen MR) is 74.2 cm³/mol. The van der Waals surface area contributed by atoms with E-state index >= 15 is 0 Å². The molecule has 2 nitrogen and oxygen atoms in total. The summed E-state index contributed by atoms with van der Waals surface area (Å²) in [6.07, 6.45) is 5.13. The van der Waals surface area contributed by atoms with Gasteiger partial charge in [-0.3, -0.25) is 0 Å². The monoisotopic (exact) mass is 254 g/mol. The molecule has 0 heterocycles. The van der Waals surface area contributed by atoms with Gasteiger partial charge in [0, 0.05) is 6.61 Å². The summed E-state index contributed by atoms with van der Waals surface area (Å²) in [6, 6.07) is 0. The number of aliphatic hydroxyl groups is 2. The second-order valence-electron chi connectivity index (χ2n) is 7.86. The zero-order chi connectivity index (χ0) is 13.6. The topological polar surface area (TPSA) is 40.5 Å². The molecule has 106 valence electrons. The molecule has 2 aliphatic rings. The van der Waals surface area contributed by atoms with Crippen LogP contribution in [0, 0.1) is 28.6 Å². The van der Waals surface area contributed by atoms with E-state index in [9.17, 15) is 10.2 Å². The summed E-state index contributed by atoms with van der Waals surface area (Å²) in [7, 11) is 0. The highest BCUT2D eigenvalue weighted by Gasteiger charge is 2.51. The first-order valence-electron chi connectivity index (χ1n) is 7.59. The van der Waals surface area contributed by atoms with Gasteiger partial charge in [0.15, 0.2) is 0 Å². The van der Waals surface area contributed by atoms with Gasteiger partial charge < -0.3 is 10.2 Å². The molecule has 0 bridgehead atoms. The van der Waals surface area contributed by atoms with Crippen molar-refractivity contribution in [2.24, 2.45) is 28.6 Å². The number of hydrogen-bond acceptors (Lipinski definition) is 2. The molecular formula is C16H30O2. The lowest BCUT2D eigenvalue weighted by Crippen LogP contribution is -2.51. The van der Waals surface area contributed by atoms with Crippen molar-refractivity contribution < 1.29 is 10.2 Å². The molecule has 0 aromatic carbocycles. The van der Waals surface area contributed by atoms with E-state index < -0.39 is 0 Å². The zero-order valence-corrected chi connectivity index (χ0v) is 12.4. The standard InChI is InChI=1S/C16H30O2/c1-11-5-6-15(2,3)13-9-14(18)16(4,7-8-17)10-12(11)13/h11-14,17-18H,5-10H2,1-4H3/t11-,12?,13?,14?,16?/m0/s1. The van der Waals surface area contributed by atoms with E-state index in [4.69, 9.17) is 0 Å². The van der Waals surface area contributed by atoms with Gasteiger partial charge in [-0.15, -0.1) is 0 Å². The van der Waals surface area contributed by atoms with Gasteiger partial charge in [0.25, 0.3) is 0 Å². The van der Waals surface area contributed by atoms with Crippen molar-refractivity contribution in [3.8, 4) is 0 Å². The fourth-order valence-corrected chi connectivity index (χ4v) is 4.54. The average molecular weight is 254 g/mol. The Labute approximate surface area is 112 Å². The van der Waals surface area contributed by atoms with Crippen LogP contribution in [-0.2, 0) is 0 Å². The first kappa shape index (κ1) is 14.3. The maximum atomic E-state index is 10.5. The number of rotatable bonds is 2. The SMILES string of the molecule is C[C@H]1CCC(C)(C)C2CC(O)C(C)(CCO)CC21. The molecule has 0 radical (unpaired) electrons. The first-order chi connectivity index (χ1) is 8.30. The van der Waals surface area contributed by atoms with E-state index in [2.05, 4.69) is 27.7 Å². The smallest absolute Gasteiger partial charge is 0.0597 e. The minimum absolute atomic E-state index is 0.0718. The second kappa shape index (κ2) is 4.79. The largest absolute Gasteiger partial charge is 0.396 e. The van der Waals surface area contributed by atoms with Gasteiger partial charge in [0.05, 0.1) is 6.10 Å². The fourth-order valence-electron chi connectivity index (χ4n) is 4.54. The van der Waals surface area contributed by atoms with Crippen molar-refractivity contribution in [2.75, 3.05) is 6.61 Å². The fraction of sp³-hybridized carbons (Fsp3) is 1.00. The Kier molecular flexibility index (Phi) is 3.81. The Balaban J connectivity index is 2.21. The molecule has 0 aromatic heterocycles. The predicted octanol–water partition coefficient (Wildman–Crippen LogP) is 3.22. The average Bonchev–Trinajstić information content (AvgIpc) is 2.28. The lowest BCUT2D eigenvalue weighted by molar-refractivity contribution is -0.115. The van der Waals surface area contributed by atoms with Gasteiger partial charge in [-0.05, 0) is 60.7 Å². The molecule has 0 spiro atoms. The second-order valence-corrected chi connectivity index (χ2v) is 7.86. The maximum Gasteiger partial charge on any atom is 0.0597 e. The number of hydrogen-bond donors (Lipinski definition) is 2. The summed E-state index contributed by atoms with van der Waals surface area (Å²) in [5.74, 6) is 2.16. The molecule has 2 heteroatoms. The van der Waals surface area contributed by atoms with Crippen LogP contribution in [-0.4, -0.2) is 22.9 Å². The summed E-state index contributed by atoms with van der Waals surface area (Å²) < 4.78 is 0. The van der Waals surface area contributed by atoms with Crippen molar-refractivity contribution in [2.45, 2.75) is 65.9 Å². The van der Waals surface area contributed by atoms with E-state index in [-0.39, 0.29) is 18.1 Å². The van der Waals surface area contributed by atoms with Gasteiger partial charge in [-0.25, -0.2) is 0 Å². The highest BCUT2D eigenvalue weighted by atomic mass is 16.3. The van der Waals surface area contributed by atoms with Crippen LogP contribution in [0.25, 0.3) is 0 Å². The van der Waals surface area contributed by atoms with Gasteiger partial charge in [-0.1, -0.05) is 27.7 Å². The van der Waals surface area contributed by atoms with Crippen molar-refractivity contribution >= 4 is 0 Å². The minimum Gasteiger partial charge on any atom is -0.396 e. The highest BCUT2D eigenvalue weighted by Crippen LogP contribution is 2.57. The Hall–Kier alpha value is -0.0800. The van der Waals surface area contributed by atoms with Gasteiger partial charge in [0.1, 0.15) is 0 Å². The third-order valence-corrected chi connectivity index (χ3v) is 6.16. The van der Waals surface area contributed by atoms with Gasteiger partial charge in [0.2, 0.25) is 0 Å². The molecule has 0 aliphatic heterocycles. The summed E-state index contributed by atoms with van der Waals surface area (Å²) in [5, 5.41) is 19.8. The molecule has 18 heavy (non-hydrogen) atoms. The van der Waals surface area contributed by atoms with Crippen LogP contribution in [0.3, 0.4) is 0 Å². The minimum atomic E-state index is -0.240.